The zero-order valence-corrected chi connectivity index (χ0v) is 12.7. The Labute approximate surface area is 124 Å². The summed E-state index contributed by atoms with van der Waals surface area (Å²) >= 11 is 5.28. The van der Waals surface area contributed by atoms with Gasteiger partial charge in [-0.1, -0.05) is 18.2 Å². The number of amides is 1. The Bertz CT molecular complexity index is 569. The number of para-hydroxylation sites is 1. The van der Waals surface area contributed by atoms with Crippen molar-refractivity contribution in [3.05, 3.63) is 35.5 Å². The molecule has 20 heavy (non-hydrogen) atoms. The fourth-order valence-corrected chi connectivity index (χ4v) is 2.43. The van der Waals surface area contributed by atoms with Crippen molar-refractivity contribution in [1.82, 2.24) is 9.80 Å². The number of hydrogen-bond acceptors (Lipinski definition) is 3. The molecule has 4 nitrogen and oxygen atoms in total. The third kappa shape index (κ3) is 2.54. The van der Waals surface area contributed by atoms with Crippen molar-refractivity contribution in [3.8, 4) is 5.75 Å². The topological polar surface area (TPSA) is 32.8 Å². The molecule has 1 aromatic rings. The van der Waals surface area contributed by atoms with Gasteiger partial charge in [0.2, 0.25) is 0 Å². The number of likely N-dealkylation sites (N-methyl/N-ethyl adjacent to an activating group) is 2. The summed E-state index contributed by atoms with van der Waals surface area (Å²) in [5.74, 6) is 0.705. The van der Waals surface area contributed by atoms with E-state index >= 15 is 0 Å². The first kappa shape index (κ1) is 14.5. The van der Waals surface area contributed by atoms with Crippen LogP contribution >= 0.6 is 12.2 Å². The molecule has 1 heterocycles. The van der Waals surface area contributed by atoms with Crippen LogP contribution in [0.2, 0.25) is 0 Å². The molecule has 2 rings (SSSR count). The van der Waals surface area contributed by atoms with Gasteiger partial charge in [0, 0.05) is 19.2 Å². The fourth-order valence-electron chi connectivity index (χ4n) is 2.12. The van der Waals surface area contributed by atoms with Gasteiger partial charge in [0.05, 0.1) is 6.61 Å². The Morgan fingerprint density at radius 2 is 2.00 bits per heavy atom. The Morgan fingerprint density at radius 1 is 1.30 bits per heavy atom. The van der Waals surface area contributed by atoms with E-state index in [1.165, 1.54) is 0 Å². The van der Waals surface area contributed by atoms with Crippen LogP contribution in [0.5, 0.6) is 5.75 Å². The molecule has 5 heteroatoms. The van der Waals surface area contributed by atoms with Crippen molar-refractivity contribution in [3.63, 3.8) is 0 Å². The van der Waals surface area contributed by atoms with Crippen molar-refractivity contribution in [2.75, 3.05) is 20.2 Å². The molecule has 0 N–H and O–H groups in total. The van der Waals surface area contributed by atoms with Gasteiger partial charge in [0.1, 0.15) is 11.4 Å². The van der Waals surface area contributed by atoms with E-state index in [2.05, 4.69) is 0 Å². The van der Waals surface area contributed by atoms with Gasteiger partial charge < -0.3 is 9.64 Å². The lowest BCUT2D eigenvalue weighted by molar-refractivity contribution is -0.122. The van der Waals surface area contributed by atoms with Gasteiger partial charge in [-0.3, -0.25) is 9.69 Å². The minimum Gasteiger partial charge on any atom is -0.493 e. The van der Waals surface area contributed by atoms with E-state index in [0.717, 1.165) is 11.3 Å². The number of benzene rings is 1. The van der Waals surface area contributed by atoms with Gasteiger partial charge in [-0.15, -0.1) is 0 Å². The molecule has 0 bridgehead atoms. The molecule has 106 valence electrons. The van der Waals surface area contributed by atoms with Gasteiger partial charge in [-0.05, 0) is 38.2 Å². The predicted molar refractivity (Wildman–Crippen MR) is 83.3 cm³/mol. The molecule has 1 saturated heterocycles. The maximum atomic E-state index is 12.3. The van der Waals surface area contributed by atoms with Crippen LogP contribution in [0.3, 0.4) is 0 Å². The summed E-state index contributed by atoms with van der Waals surface area (Å²) in [6.45, 7) is 5.01. The highest BCUT2D eigenvalue weighted by Gasteiger charge is 2.34. The second kappa shape index (κ2) is 6.05. The molecule has 1 aliphatic rings. The van der Waals surface area contributed by atoms with Crippen LogP contribution in [0.4, 0.5) is 0 Å². The Hall–Kier alpha value is -1.88. The van der Waals surface area contributed by atoms with E-state index in [0.29, 0.717) is 24.0 Å². The largest absolute Gasteiger partial charge is 0.493 e. The maximum absolute atomic E-state index is 12.3. The monoisotopic (exact) mass is 290 g/mol. The summed E-state index contributed by atoms with van der Waals surface area (Å²) in [6.07, 6.45) is 1.83. The van der Waals surface area contributed by atoms with Crippen LogP contribution < -0.4 is 4.74 Å². The zero-order chi connectivity index (χ0) is 14.7. The first-order chi connectivity index (χ1) is 9.60. The van der Waals surface area contributed by atoms with E-state index < -0.39 is 0 Å². The van der Waals surface area contributed by atoms with Crippen LogP contribution in [-0.2, 0) is 4.79 Å². The van der Waals surface area contributed by atoms with Gasteiger partial charge >= 0.3 is 0 Å². The summed E-state index contributed by atoms with van der Waals surface area (Å²) in [5.41, 5.74) is 1.45. The quantitative estimate of drug-likeness (QED) is 0.630. The average Bonchev–Trinajstić information content (AvgIpc) is 2.65. The predicted octanol–water partition coefficient (Wildman–Crippen LogP) is 2.51. The van der Waals surface area contributed by atoms with Crippen molar-refractivity contribution >= 4 is 29.3 Å². The van der Waals surface area contributed by atoms with E-state index in [9.17, 15) is 4.79 Å². The molecule has 0 spiro atoms. The molecule has 1 aromatic carbocycles. The minimum absolute atomic E-state index is 0.0636. The highest BCUT2D eigenvalue weighted by atomic mass is 32.1. The number of ether oxygens (including phenoxy) is 1. The molecule has 0 atom stereocenters. The number of nitrogens with zero attached hydrogens (tertiary/aromatic N) is 2. The first-order valence-electron chi connectivity index (χ1n) is 6.63. The Morgan fingerprint density at radius 3 is 2.60 bits per heavy atom. The average molecular weight is 290 g/mol. The third-order valence-corrected chi connectivity index (χ3v) is 3.67. The smallest absolute Gasteiger partial charge is 0.276 e. The number of carbonyl (C=O) groups is 1. The second-order valence-electron chi connectivity index (χ2n) is 4.39. The van der Waals surface area contributed by atoms with Gasteiger partial charge in [-0.2, -0.15) is 0 Å². The van der Waals surface area contributed by atoms with Crippen LogP contribution in [0.25, 0.3) is 6.08 Å². The number of thiocarbonyl (C=S) groups is 1. The normalized spacial score (nSPS) is 17.2. The molecule has 0 unspecified atom stereocenters. The summed E-state index contributed by atoms with van der Waals surface area (Å²) in [4.78, 5) is 15.6. The van der Waals surface area contributed by atoms with E-state index in [1.807, 2.05) is 51.2 Å². The Kier molecular flexibility index (Phi) is 4.39. The van der Waals surface area contributed by atoms with Crippen LogP contribution in [0.15, 0.2) is 30.0 Å². The summed E-state index contributed by atoms with van der Waals surface area (Å²) in [6, 6.07) is 7.66. The molecule has 1 fully saturated rings. The van der Waals surface area contributed by atoms with E-state index in [4.69, 9.17) is 17.0 Å². The molecular formula is C15H18N2O2S. The van der Waals surface area contributed by atoms with E-state index in [-0.39, 0.29) is 5.91 Å². The molecular weight excluding hydrogens is 272 g/mol. The molecule has 1 aliphatic heterocycles. The summed E-state index contributed by atoms with van der Waals surface area (Å²) in [5, 5.41) is 0.539. The maximum Gasteiger partial charge on any atom is 0.276 e. The SMILES string of the molecule is CCOc1ccccc1/C=C1/C(=O)N(CC)C(=S)N1C. The summed E-state index contributed by atoms with van der Waals surface area (Å²) in [7, 11) is 1.81. The van der Waals surface area contributed by atoms with Crippen molar-refractivity contribution in [2.24, 2.45) is 0 Å². The lowest BCUT2D eigenvalue weighted by Gasteiger charge is -2.13. The van der Waals surface area contributed by atoms with Crippen LogP contribution in [-0.4, -0.2) is 41.0 Å². The van der Waals surface area contributed by atoms with Crippen molar-refractivity contribution in [1.29, 1.82) is 0 Å². The third-order valence-electron chi connectivity index (χ3n) is 3.17. The molecule has 0 saturated carbocycles. The van der Waals surface area contributed by atoms with Crippen molar-refractivity contribution < 1.29 is 9.53 Å². The van der Waals surface area contributed by atoms with Gasteiger partial charge in [-0.25, -0.2) is 0 Å². The highest BCUT2D eigenvalue weighted by Crippen LogP contribution is 2.26. The van der Waals surface area contributed by atoms with Crippen molar-refractivity contribution in [2.45, 2.75) is 13.8 Å². The number of rotatable bonds is 4. The standard InChI is InChI=1S/C15H18N2O2S/c1-4-17-14(18)12(16(3)15(17)20)10-11-8-6-7-9-13(11)19-5-2/h6-10H,4-5H2,1-3H3/b12-10-. The zero-order valence-electron chi connectivity index (χ0n) is 11.9. The number of hydrogen-bond donors (Lipinski definition) is 0. The lowest BCUT2D eigenvalue weighted by Crippen LogP contribution is -2.30. The fraction of sp³-hybridized carbons (Fsp3) is 0.333. The minimum atomic E-state index is -0.0636. The van der Waals surface area contributed by atoms with Gasteiger partial charge in [0.15, 0.2) is 5.11 Å². The molecule has 0 aromatic heterocycles. The molecule has 1 amide bonds. The second-order valence-corrected chi connectivity index (χ2v) is 4.76. The van der Waals surface area contributed by atoms with Gasteiger partial charge in [0.25, 0.3) is 5.91 Å². The van der Waals surface area contributed by atoms with E-state index in [1.54, 1.807) is 9.80 Å². The first-order valence-corrected chi connectivity index (χ1v) is 7.04. The van der Waals surface area contributed by atoms with Crippen LogP contribution in [0.1, 0.15) is 19.4 Å². The Balaban J connectivity index is 2.41. The summed E-state index contributed by atoms with van der Waals surface area (Å²) < 4.78 is 5.58. The molecule has 0 aliphatic carbocycles. The lowest BCUT2D eigenvalue weighted by atomic mass is 10.1. The van der Waals surface area contributed by atoms with Crippen LogP contribution in [0, 0.1) is 0 Å². The molecule has 0 radical (unpaired) electrons. The highest BCUT2D eigenvalue weighted by molar-refractivity contribution is 7.80. The number of carbonyl (C=O) groups excluding carboxylic acids is 1.